The number of methoxy groups -OCH3 is 1. The standard InChI is InChI=1S/C31H43N7O4/c1-5-24-29(40)37(3)25-15-32-30(35-27(25)38(24)22-8-6-7-9-22)34-23-11-10-19(12-26(23)42-4)28(39)33-18-31(41)13-20-16-36(2)17-21(20)14-31/h10-12,15,20-22,24,41H,5-9,13-14,16-18H2,1-4H3,(H,33,39)(H,32,34,35)/t20-,21+,24?,31?. The summed E-state index contributed by atoms with van der Waals surface area (Å²) in [5.74, 6) is 2.45. The van der Waals surface area contributed by atoms with Gasteiger partial charge < -0.3 is 35.2 Å². The number of nitrogens with one attached hydrogen (secondary N) is 2. The van der Waals surface area contributed by atoms with E-state index in [4.69, 9.17) is 9.72 Å². The second-order valence-corrected chi connectivity index (χ2v) is 12.7. The summed E-state index contributed by atoms with van der Waals surface area (Å²) >= 11 is 0. The van der Waals surface area contributed by atoms with E-state index in [0.717, 1.165) is 57.4 Å². The number of likely N-dealkylation sites (tertiary alicyclic amines) is 1. The summed E-state index contributed by atoms with van der Waals surface area (Å²) < 4.78 is 5.63. The van der Waals surface area contributed by atoms with E-state index in [2.05, 4.69) is 32.5 Å². The second-order valence-electron chi connectivity index (χ2n) is 12.7. The number of likely N-dealkylation sites (N-methyl/N-ethyl adjacent to an activating group) is 1. The lowest BCUT2D eigenvalue weighted by Crippen LogP contribution is -2.55. The van der Waals surface area contributed by atoms with Crippen molar-refractivity contribution in [3.05, 3.63) is 30.0 Å². The van der Waals surface area contributed by atoms with Crippen LogP contribution in [0, 0.1) is 11.8 Å². The number of rotatable bonds is 8. The van der Waals surface area contributed by atoms with E-state index >= 15 is 0 Å². The van der Waals surface area contributed by atoms with Crippen molar-refractivity contribution in [3.8, 4) is 5.75 Å². The van der Waals surface area contributed by atoms with Crippen molar-refractivity contribution >= 4 is 35.0 Å². The third-order valence-corrected chi connectivity index (χ3v) is 9.74. The summed E-state index contributed by atoms with van der Waals surface area (Å²) in [7, 11) is 5.46. The van der Waals surface area contributed by atoms with Gasteiger partial charge in [-0.15, -0.1) is 0 Å². The van der Waals surface area contributed by atoms with Crippen LogP contribution in [0.15, 0.2) is 24.4 Å². The van der Waals surface area contributed by atoms with Gasteiger partial charge in [-0.05, 0) is 69.2 Å². The predicted molar refractivity (Wildman–Crippen MR) is 162 cm³/mol. The van der Waals surface area contributed by atoms with Crippen LogP contribution in [0.2, 0.25) is 0 Å². The lowest BCUT2D eigenvalue weighted by atomic mass is 9.99. The number of hydrogen-bond donors (Lipinski definition) is 3. The van der Waals surface area contributed by atoms with Gasteiger partial charge in [0.25, 0.3) is 5.91 Å². The van der Waals surface area contributed by atoms with Crippen molar-refractivity contribution in [3.63, 3.8) is 0 Å². The highest BCUT2D eigenvalue weighted by molar-refractivity contribution is 6.04. The maximum absolute atomic E-state index is 13.2. The molecular weight excluding hydrogens is 534 g/mol. The first kappa shape index (κ1) is 28.7. The van der Waals surface area contributed by atoms with E-state index in [1.165, 1.54) is 0 Å². The SMILES string of the molecule is CCC1C(=O)N(C)c2cnc(Nc3ccc(C(=O)NCC4(O)C[C@H]5CN(C)C[C@H]5C4)cc3OC)nc2N1C1CCCC1. The molecule has 6 rings (SSSR count). The van der Waals surface area contributed by atoms with Crippen LogP contribution in [0.5, 0.6) is 5.75 Å². The van der Waals surface area contributed by atoms with Crippen LogP contribution in [0.3, 0.4) is 0 Å². The fourth-order valence-electron chi connectivity index (χ4n) is 7.69. The molecule has 0 bridgehead atoms. The van der Waals surface area contributed by atoms with E-state index < -0.39 is 5.60 Å². The number of amides is 2. The molecule has 2 amide bonds. The van der Waals surface area contributed by atoms with E-state index in [9.17, 15) is 14.7 Å². The number of nitrogens with zero attached hydrogens (tertiary/aromatic N) is 5. The number of anilines is 4. The maximum Gasteiger partial charge on any atom is 0.251 e. The smallest absolute Gasteiger partial charge is 0.251 e. The lowest BCUT2D eigenvalue weighted by Gasteiger charge is -2.43. The van der Waals surface area contributed by atoms with E-state index in [1.807, 2.05) is 6.92 Å². The summed E-state index contributed by atoms with van der Waals surface area (Å²) in [4.78, 5) is 41.8. The first-order chi connectivity index (χ1) is 20.2. The van der Waals surface area contributed by atoms with Crippen molar-refractivity contribution in [2.75, 3.05) is 56.0 Å². The summed E-state index contributed by atoms with van der Waals surface area (Å²) in [6.45, 7) is 4.30. The van der Waals surface area contributed by atoms with Crippen LogP contribution in [-0.2, 0) is 4.79 Å². The molecule has 3 N–H and O–H groups in total. The molecule has 0 radical (unpaired) electrons. The number of aromatic nitrogens is 2. The molecule has 3 heterocycles. The first-order valence-corrected chi connectivity index (χ1v) is 15.3. The maximum atomic E-state index is 13.2. The zero-order chi connectivity index (χ0) is 29.6. The molecule has 4 aliphatic rings. The van der Waals surface area contributed by atoms with Gasteiger partial charge in [-0.2, -0.15) is 4.98 Å². The van der Waals surface area contributed by atoms with Gasteiger partial charge in [0.2, 0.25) is 11.9 Å². The molecule has 226 valence electrons. The average Bonchev–Trinajstić information content (AvgIpc) is 3.69. The normalized spacial score (nSPS) is 27.7. The van der Waals surface area contributed by atoms with Crippen molar-refractivity contribution in [2.24, 2.45) is 11.8 Å². The number of hydrogen-bond acceptors (Lipinski definition) is 9. The van der Waals surface area contributed by atoms with Crippen molar-refractivity contribution < 1.29 is 19.4 Å². The number of ether oxygens (including phenoxy) is 1. The van der Waals surface area contributed by atoms with Crippen molar-refractivity contribution in [1.29, 1.82) is 0 Å². The van der Waals surface area contributed by atoms with Gasteiger partial charge >= 0.3 is 0 Å². The molecule has 11 nitrogen and oxygen atoms in total. The molecule has 0 spiro atoms. The number of carbonyl (C=O) groups is 2. The van der Waals surface area contributed by atoms with Gasteiger partial charge in [0.1, 0.15) is 17.5 Å². The zero-order valence-electron chi connectivity index (χ0n) is 25.1. The molecule has 11 heteroatoms. The Kier molecular flexibility index (Phi) is 7.74. The van der Waals surface area contributed by atoms with Gasteiger partial charge in [0.15, 0.2) is 5.82 Å². The van der Waals surface area contributed by atoms with Crippen LogP contribution in [0.25, 0.3) is 0 Å². The number of aliphatic hydroxyl groups is 1. The molecule has 2 aliphatic heterocycles. The van der Waals surface area contributed by atoms with Crippen LogP contribution in [0.1, 0.15) is 62.2 Å². The summed E-state index contributed by atoms with van der Waals surface area (Å²) in [6.07, 6.45) is 8.25. The lowest BCUT2D eigenvalue weighted by molar-refractivity contribution is -0.120. The second kappa shape index (κ2) is 11.3. The van der Waals surface area contributed by atoms with Crippen LogP contribution in [0.4, 0.5) is 23.1 Å². The Morgan fingerprint density at radius 1 is 1.17 bits per heavy atom. The van der Waals surface area contributed by atoms with E-state index in [-0.39, 0.29) is 30.4 Å². The third-order valence-electron chi connectivity index (χ3n) is 9.74. The molecule has 2 saturated carbocycles. The average molecular weight is 578 g/mol. The Morgan fingerprint density at radius 2 is 1.88 bits per heavy atom. The minimum absolute atomic E-state index is 0.0762. The molecule has 4 atom stereocenters. The minimum atomic E-state index is -0.858. The van der Waals surface area contributed by atoms with E-state index in [0.29, 0.717) is 46.9 Å². The molecule has 1 saturated heterocycles. The van der Waals surface area contributed by atoms with Crippen LogP contribution in [-0.4, -0.2) is 90.3 Å². The summed E-state index contributed by atoms with van der Waals surface area (Å²) in [5, 5.41) is 17.3. The molecule has 2 aromatic rings. The Bertz CT molecular complexity index is 1330. The summed E-state index contributed by atoms with van der Waals surface area (Å²) in [5.41, 5.74) is 0.924. The molecule has 1 aromatic carbocycles. The monoisotopic (exact) mass is 577 g/mol. The Balaban J connectivity index is 1.17. The highest BCUT2D eigenvalue weighted by Gasteiger charge is 2.47. The third kappa shape index (κ3) is 5.28. The number of benzene rings is 1. The summed E-state index contributed by atoms with van der Waals surface area (Å²) in [6, 6.07) is 5.22. The van der Waals surface area contributed by atoms with Gasteiger partial charge in [-0.25, -0.2) is 4.98 Å². The van der Waals surface area contributed by atoms with E-state index in [1.54, 1.807) is 43.5 Å². The fraction of sp³-hybridized carbons (Fsp3) is 0.613. The molecule has 2 unspecified atom stereocenters. The Labute approximate surface area is 247 Å². The predicted octanol–water partition coefficient (Wildman–Crippen LogP) is 3.17. The zero-order valence-corrected chi connectivity index (χ0v) is 25.1. The molecule has 1 aromatic heterocycles. The van der Waals surface area contributed by atoms with Gasteiger partial charge in [-0.1, -0.05) is 19.8 Å². The molecular formula is C31H43N7O4. The van der Waals surface area contributed by atoms with Gasteiger partial charge in [0.05, 0.1) is 24.6 Å². The largest absolute Gasteiger partial charge is 0.495 e. The van der Waals surface area contributed by atoms with Crippen LogP contribution >= 0.6 is 0 Å². The topological polar surface area (TPSA) is 123 Å². The molecule has 42 heavy (non-hydrogen) atoms. The fourth-order valence-corrected chi connectivity index (χ4v) is 7.69. The molecule has 2 aliphatic carbocycles. The van der Waals surface area contributed by atoms with Gasteiger partial charge in [-0.3, -0.25) is 9.59 Å². The Hall–Kier alpha value is -3.44. The quantitative estimate of drug-likeness (QED) is 0.434. The van der Waals surface area contributed by atoms with Crippen molar-refractivity contribution in [2.45, 2.75) is 69.6 Å². The highest BCUT2D eigenvalue weighted by atomic mass is 16.5. The first-order valence-electron chi connectivity index (χ1n) is 15.3. The van der Waals surface area contributed by atoms with Gasteiger partial charge in [0, 0.05) is 38.3 Å². The Morgan fingerprint density at radius 3 is 2.55 bits per heavy atom. The molecule has 3 fully saturated rings. The number of fused-ring (bicyclic) bond motifs is 2. The highest BCUT2D eigenvalue weighted by Crippen LogP contribution is 2.43. The number of carbonyl (C=O) groups excluding carboxylic acids is 2. The van der Waals surface area contributed by atoms with Crippen molar-refractivity contribution in [1.82, 2.24) is 20.2 Å². The minimum Gasteiger partial charge on any atom is -0.495 e. The van der Waals surface area contributed by atoms with Crippen LogP contribution < -0.4 is 25.2 Å².